The van der Waals surface area contributed by atoms with E-state index in [1.54, 1.807) is 18.5 Å². The Balaban J connectivity index is 0.00000242. The summed E-state index contributed by atoms with van der Waals surface area (Å²) in [4.78, 5) is 10.3. The Morgan fingerprint density at radius 3 is 2.64 bits per heavy atom. The lowest BCUT2D eigenvalue weighted by Gasteiger charge is -2.10. The minimum absolute atomic E-state index is 0. The second-order valence-electron chi connectivity index (χ2n) is 5.11. The third-order valence-corrected chi connectivity index (χ3v) is 2.94. The van der Waals surface area contributed by atoms with Crippen LogP contribution in [0.4, 0.5) is 0 Å². The lowest BCUT2D eigenvalue weighted by molar-refractivity contribution is 0.394. The third kappa shape index (κ3) is 6.85. The monoisotopic (exact) mass is 322 g/mol. The van der Waals surface area contributed by atoms with Crippen LogP contribution in [0.15, 0.2) is 42.7 Å². The number of halogens is 1. The molecule has 0 aliphatic carbocycles. The molecule has 6 heteroatoms. The number of nitrogens with zero attached hydrogens (tertiary/aromatic N) is 3. The predicted molar refractivity (Wildman–Crippen MR) is 90.7 cm³/mol. The van der Waals surface area contributed by atoms with Crippen LogP contribution in [0.25, 0.3) is 0 Å². The molecule has 120 valence electrons. The Morgan fingerprint density at radius 1 is 1.14 bits per heavy atom. The molecule has 2 aromatic rings. The van der Waals surface area contributed by atoms with Crippen LogP contribution in [0.5, 0.6) is 11.8 Å². The maximum atomic E-state index is 5.62. The predicted octanol–water partition coefficient (Wildman–Crippen LogP) is 2.73. The van der Waals surface area contributed by atoms with Crippen molar-refractivity contribution in [3.63, 3.8) is 0 Å². The fourth-order valence-corrected chi connectivity index (χ4v) is 1.92. The van der Waals surface area contributed by atoms with Crippen molar-refractivity contribution < 1.29 is 4.74 Å². The van der Waals surface area contributed by atoms with Crippen LogP contribution in [0.3, 0.4) is 0 Å². The molecule has 2 rings (SSSR count). The van der Waals surface area contributed by atoms with Crippen LogP contribution in [-0.4, -0.2) is 42.1 Å². The number of hydrogen-bond acceptors (Lipinski definition) is 5. The molecule has 0 aliphatic heterocycles. The van der Waals surface area contributed by atoms with E-state index in [9.17, 15) is 0 Å². The topological polar surface area (TPSA) is 50.3 Å². The first-order valence-corrected chi connectivity index (χ1v) is 7.13. The molecule has 0 saturated heterocycles. The Kier molecular flexibility index (Phi) is 8.43. The van der Waals surface area contributed by atoms with E-state index in [1.807, 2.05) is 18.2 Å². The number of benzene rings is 1. The van der Waals surface area contributed by atoms with Gasteiger partial charge in [0.2, 0.25) is 0 Å². The van der Waals surface area contributed by atoms with Gasteiger partial charge in [-0.3, -0.25) is 0 Å². The van der Waals surface area contributed by atoms with Gasteiger partial charge in [0.25, 0.3) is 0 Å². The summed E-state index contributed by atoms with van der Waals surface area (Å²) < 4.78 is 5.62. The van der Waals surface area contributed by atoms with Crippen molar-refractivity contribution in [3.05, 3.63) is 48.3 Å². The quantitative estimate of drug-likeness (QED) is 0.757. The fraction of sp³-hybridized carbons (Fsp3) is 0.375. The van der Waals surface area contributed by atoms with Gasteiger partial charge < -0.3 is 15.0 Å². The molecule has 0 aliphatic rings. The van der Waals surface area contributed by atoms with Crippen LogP contribution in [0.1, 0.15) is 12.0 Å². The van der Waals surface area contributed by atoms with Crippen molar-refractivity contribution in [2.24, 2.45) is 0 Å². The maximum absolute atomic E-state index is 5.62. The molecule has 0 spiro atoms. The molecular formula is C16H23ClN4O. The van der Waals surface area contributed by atoms with Crippen LogP contribution >= 0.6 is 12.4 Å². The first-order valence-electron chi connectivity index (χ1n) is 7.13. The van der Waals surface area contributed by atoms with E-state index in [0.717, 1.165) is 31.8 Å². The Labute approximate surface area is 138 Å². The molecule has 5 nitrogen and oxygen atoms in total. The lowest BCUT2D eigenvalue weighted by atomic mass is 10.2. The molecule has 0 bridgehead atoms. The highest BCUT2D eigenvalue weighted by molar-refractivity contribution is 5.85. The summed E-state index contributed by atoms with van der Waals surface area (Å²) in [6, 6.07) is 10.1. The van der Waals surface area contributed by atoms with Crippen molar-refractivity contribution in [1.29, 1.82) is 0 Å². The average molecular weight is 323 g/mol. The summed E-state index contributed by atoms with van der Waals surface area (Å²) >= 11 is 0. The normalized spacial score (nSPS) is 10.3. The zero-order valence-electron chi connectivity index (χ0n) is 13.0. The van der Waals surface area contributed by atoms with E-state index in [1.165, 1.54) is 5.56 Å². The second kappa shape index (κ2) is 10.1. The fourth-order valence-electron chi connectivity index (χ4n) is 1.92. The molecule has 0 atom stereocenters. The van der Waals surface area contributed by atoms with E-state index < -0.39 is 0 Å². The minimum atomic E-state index is 0. The summed E-state index contributed by atoms with van der Waals surface area (Å²) in [5.74, 6) is 0.758. The standard InChI is InChI=1S/C16H22N4O.ClH/c1-20(2)11-5-8-17-13-14-6-3-7-15(12-14)21-16-18-9-4-10-19-16;/h3-4,6-7,9-10,12,17H,5,8,11,13H2,1-2H3;1H. The number of aromatic nitrogens is 2. The van der Waals surface area contributed by atoms with Crippen molar-refractivity contribution in [2.75, 3.05) is 27.2 Å². The van der Waals surface area contributed by atoms with Crippen molar-refractivity contribution in [1.82, 2.24) is 20.2 Å². The SMILES string of the molecule is CN(C)CCCNCc1cccc(Oc2ncccn2)c1.Cl. The summed E-state index contributed by atoms with van der Waals surface area (Å²) in [6.07, 6.45) is 4.47. The van der Waals surface area contributed by atoms with E-state index >= 15 is 0 Å². The largest absolute Gasteiger partial charge is 0.424 e. The number of hydrogen-bond donors (Lipinski definition) is 1. The van der Waals surface area contributed by atoms with Crippen molar-refractivity contribution in [2.45, 2.75) is 13.0 Å². The molecule has 0 fully saturated rings. The van der Waals surface area contributed by atoms with E-state index in [0.29, 0.717) is 6.01 Å². The number of nitrogens with one attached hydrogen (secondary N) is 1. The van der Waals surface area contributed by atoms with Gasteiger partial charge >= 0.3 is 6.01 Å². The van der Waals surface area contributed by atoms with Gasteiger partial charge in [0, 0.05) is 18.9 Å². The number of ether oxygens (including phenoxy) is 1. The van der Waals surface area contributed by atoms with Crippen LogP contribution in [0, 0.1) is 0 Å². The third-order valence-electron chi connectivity index (χ3n) is 2.94. The van der Waals surface area contributed by atoms with Gasteiger partial charge in [-0.15, -0.1) is 12.4 Å². The lowest BCUT2D eigenvalue weighted by Crippen LogP contribution is -2.20. The van der Waals surface area contributed by atoms with E-state index in [2.05, 4.69) is 40.3 Å². The van der Waals surface area contributed by atoms with Gasteiger partial charge in [-0.25, -0.2) is 9.97 Å². The highest BCUT2D eigenvalue weighted by Gasteiger charge is 2.00. The highest BCUT2D eigenvalue weighted by atomic mass is 35.5. The maximum Gasteiger partial charge on any atom is 0.321 e. The van der Waals surface area contributed by atoms with E-state index in [-0.39, 0.29) is 12.4 Å². The minimum Gasteiger partial charge on any atom is -0.424 e. The van der Waals surface area contributed by atoms with Crippen LogP contribution < -0.4 is 10.1 Å². The summed E-state index contributed by atoms with van der Waals surface area (Å²) in [6.45, 7) is 2.94. The van der Waals surface area contributed by atoms with Crippen LogP contribution in [-0.2, 0) is 6.54 Å². The molecule has 1 aromatic carbocycles. The first-order chi connectivity index (χ1) is 10.2. The highest BCUT2D eigenvalue weighted by Crippen LogP contribution is 2.18. The second-order valence-corrected chi connectivity index (χ2v) is 5.11. The molecular weight excluding hydrogens is 300 g/mol. The van der Waals surface area contributed by atoms with Gasteiger partial charge in [0.15, 0.2) is 0 Å². The smallest absolute Gasteiger partial charge is 0.321 e. The molecule has 0 unspecified atom stereocenters. The summed E-state index contributed by atoms with van der Waals surface area (Å²) in [7, 11) is 4.18. The summed E-state index contributed by atoms with van der Waals surface area (Å²) in [5, 5.41) is 3.43. The zero-order valence-corrected chi connectivity index (χ0v) is 13.8. The van der Waals surface area contributed by atoms with Crippen molar-refractivity contribution in [3.8, 4) is 11.8 Å². The Hall–Kier alpha value is -1.69. The Morgan fingerprint density at radius 2 is 1.91 bits per heavy atom. The number of rotatable bonds is 8. The molecule has 22 heavy (non-hydrogen) atoms. The summed E-state index contributed by atoms with van der Waals surface area (Å²) in [5.41, 5.74) is 1.19. The molecule has 1 heterocycles. The van der Waals surface area contributed by atoms with Gasteiger partial charge in [-0.2, -0.15) is 0 Å². The van der Waals surface area contributed by atoms with Gasteiger partial charge in [-0.1, -0.05) is 12.1 Å². The molecule has 0 amide bonds. The average Bonchev–Trinajstić information content (AvgIpc) is 2.48. The van der Waals surface area contributed by atoms with Gasteiger partial charge in [-0.05, 0) is 57.4 Å². The molecule has 0 saturated carbocycles. The zero-order chi connectivity index (χ0) is 14.9. The molecule has 1 N–H and O–H groups in total. The van der Waals surface area contributed by atoms with E-state index in [4.69, 9.17) is 4.74 Å². The molecule has 1 aromatic heterocycles. The Bertz CT molecular complexity index is 537. The first kappa shape index (κ1) is 18.4. The van der Waals surface area contributed by atoms with Gasteiger partial charge in [0.05, 0.1) is 0 Å². The van der Waals surface area contributed by atoms with Crippen LogP contribution in [0.2, 0.25) is 0 Å². The van der Waals surface area contributed by atoms with Gasteiger partial charge in [0.1, 0.15) is 5.75 Å². The molecule has 0 radical (unpaired) electrons. The van der Waals surface area contributed by atoms with Crippen molar-refractivity contribution >= 4 is 12.4 Å².